The van der Waals surface area contributed by atoms with E-state index in [1.165, 1.54) is 11.8 Å². The molecule has 1 aliphatic heterocycles. The summed E-state index contributed by atoms with van der Waals surface area (Å²) in [4.78, 5) is 24.3. The summed E-state index contributed by atoms with van der Waals surface area (Å²) in [6.45, 7) is 2.15. The molecule has 1 amide bonds. The van der Waals surface area contributed by atoms with Crippen molar-refractivity contribution in [1.29, 1.82) is 0 Å². The van der Waals surface area contributed by atoms with Crippen molar-refractivity contribution >= 4 is 17.6 Å². The average Bonchev–Trinajstić information content (AvgIpc) is 2.39. The molecule has 1 aromatic carbocycles. The molecule has 0 saturated carbocycles. The van der Waals surface area contributed by atoms with Gasteiger partial charge in [0.15, 0.2) is 5.78 Å². The van der Waals surface area contributed by atoms with Crippen molar-refractivity contribution in [1.82, 2.24) is 0 Å². The molecule has 1 N–H and O–H groups in total. The maximum Gasteiger partial charge on any atom is 0.414 e. The van der Waals surface area contributed by atoms with Crippen LogP contribution in [-0.4, -0.2) is 36.7 Å². The van der Waals surface area contributed by atoms with Crippen LogP contribution in [0.15, 0.2) is 24.3 Å². The first-order valence-electron chi connectivity index (χ1n) is 5.78. The molecule has 5 heteroatoms. The monoisotopic (exact) mass is 249 g/mol. The van der Waals surface area contributed by atoms with Gasteiger partial charge in [-0.1, -0.05) is 0 Å². The Labute approximate surface area is 105 Å². The number of ether oxygens (including phenoxy) is 1. The molecule has 1 heterocycles. The Morgan fingerprint density at radius 2 is 2.11 bits per heavy atom. The van der Waals surface area contributed by atoms with Crippen molar-refractivity contribution in [2.45, 2.75) is 6.92 Å². The van der Waals surface area contributed by atoms with Crippen molar-refractivity contribution in [3.63, 3.8) is 0 Å². The number of aliphatic hydroxyl groups excluding tert-OH is 1. The van der Waals surface area contributed by atoms with Gasteiger partial charge in [-0.2, -0.15) is 0 Å². The Morgan fingerprint density at radius 1 is 1.44 bits per heavy atom. The van der Waals surface area contributed by atoms with Gasteiger partial charge in [0, 0.05) is 23.7 Å². The first-order valence-corrected chi connectivity index (χ1v) is 5.78. The molecule has 1 aliphatic rings. The summed E-state index contributed by atoms with van der Waals surface area (Å²) in [7, 11) is 0. The number of amides is 1. The van der Waals surface area contributed by atoms with E-state index < -0.39 is 6.09 Å². The summed E-state index contributed by atoms with van der Waals surface area (Å²) in [6, 6.07) is 6.76. The minimum Gasteiger partial charge on any atom is -0.449 e. The number of aliphatic hydroxyl groups is 1. The lowest BCUT2D eigenvalue weighted by Gasteiger charge is -2.31. The van der Waals surface area contributed by atoms with Crippen LogP contribution in [0.4, 0.5) is 10.5 Å². The third kappa shape index (κ3) is 2.51. The van der Waals surface area contributed by atoms with E-state index in [9.17, 15) is 9.59 Å². The minimum atomic E-state index is -0.421. The van der Waals surface area contributed by atoms with Gasteiger partial charge in [0.2, 0.25) is 0 Å². The van der Waals surface area contributed by atoms with E-state index in [1.807, 2.05) is 0 Å². The Balaban J connectivity index is 2.18. The van der Waals surface area contributed by atoms with Crippen LogP contribution in [0.5, 0.6) is 0 Å². The number of cyclic esters (lactones) is 1. The Hall–Kier alpha value is -1.88. The first kappa shape index (κ1) is 12.6. The fraction of sp³-hybridized carbons (Fsp3) is 0.385. The zero-order chi connectivity index (χ0) is 13.1. The van der Waals surface area contributed by atoms with Gasteiger partial charge in [0.1, 0.15) is 0 Å². The van der Waals surface area contributed by atoms with E-state index in [2.05, 4.69) is 0 Å². The van der Waals surface area contributed by atoms with Crippen molar-refractivity contribution < 1.29 is 19.4 Å². The lowest BCUT2D eigenvalue weighted by atomic mass is 10.1. The number of ketones is 1. The molecule has 1 saturated heterocycles. The minimum absolute atomic E-state index is 0.0176. The van der Waals surface area contributed by atoms with Gasteiger partial charge >= 0.3 is 6.09 Å². The Kier molecular flexibility index (Phi) is 3.62. The van der Waals surface area contributed by atoms with Gasteiger partial charge < -0.3 is 9.84 Å². The second kappa shape index (κ2) is 5.18. The fourth-order valence-corrected chi connectivity index (χ4v) is 1.85. The van der Waals surface area contributed by atoms with Crippen LogP contribution in [0.3, 0.4) is 0 Å². The molecule has 1 aromatic rings. The molecular weight excluding hydrogens is 234 g/mol. The van der Waals surface area contributed by atoms with E-state index in [0.717, 1.165) is 0 Å². The zero-order valence-corrected chi connectivity index (χ0v) is 10.1. The number of carbonyl (C=O) groups excluding carboxylic acids is 2. The quantitative estimate of drug-likeness (QED) is 0.823. The highest BCUT2D eigenvalue weighted by Crippen LogP contribution is 2.21. The number of rotatable bonds is 3. The zero-order valence-electron chi connectivity index (χ0n) is 10.1. The summed E-state index contributed by atoms with van der Waals surface area (Å²) in [5, 5.41) is 9.10. The van der Waals surface area contributed by atoms with Crippen molar-refractivity contribution in [3.05, 3.63) is 29.8 Å². The van der Waals surface area contributed by atoms with Crippen molar-refractivity contribution in [2.75, 3.05) is 24.7 Å². The second-order valence-corrected chi connectivity index (χ2v) is 4.34. The van der Waals surface area contributed by atoms with Gasteiger partial charge in [-0.15, -0.1) is 0 Å². The van der Waals surface area contributed by atoms with E-state index in [4.69, 9.17) is 9.84 Å². The van der Waals surface area contributed by atoms with Crippen LogP contribution in [0.2, 0.25) is 0 Å². The van der Waals surface area contributed by atoms with Crippen LogP contribution in [0.1, 0.15) is 17.3 Å². The number of Topliss-reactive ketones (excluding diaryl/α,β-unsaturated/α-hetero) is 1. The average molecular weight is 249 g/mol. The molecule has 1 fully saturated rings. The largest absolute Gasteiger partial charge is 0.449 e. The SMILES string of the molecule is CC(=O)c1ccc(N2CC(CO)COC2=O)cc1. The number of hydrogen-bond acceptors (Lipinski definition) is 4. The van der Waals surface area contributed by atoms with Crippen molar-refractivity contribution in [2.24, 2.45) is 5.92 Å². The summed E-state index contributed by atoms with van der Waals surface area (Å²) >= 11 is 0. The summed E-state index contributed by atoms with van der Waals surface area (Å²) in [5.41, 5.74) is 1.27. The predicted molar refractivity (Wildman–Crippen MR) is 65.7 cm³/mol. The molecule has 18 heavy (non-hydrogen) atoms. The fourth-order valence-electron chi connectivity index (χ4n) is 1.85. The van der Waals surface area contributed by atoms with Crippen LogP contribution < -0.4 is 4.90 Å². The molecule has 0 radical (unpaired) electrons. The third-order valence-corrected chi connectivity index (χ3v) is 2.95. The van der Waals surface area contributed by atoms with Gasteiger partial charge in [-0.25, -0.2) is 4.79 Å². The van der Waals surface area contributed by atoms with Crippen LogP contribution in [0, 0.1) is 5.92 Å². The second-order valence-electron chi connectivity index (χ2n) is 4.34. The summed E-state index contributed by atoms with van der Waals surface area (Å²) in [5.74, 6) is -0.0915. The Bertz CT molecular complexity index is 455. The molecule has 0 bridgehead atoms. The highest BCUT2D eigenvalue weighted by Gasteiger charge is 2.27. The smallest absolute Gasteiger partial charge is 0.414 e. The van der Waals surface area contributed by atoms with Gasteiger partial charge in [-0.3, -0.25) is 9.69 Å². The highest BCUT2D eigenvalue weighted by molar-refractivity contribution is 5.95. The molecule has 2 rings (SSSR count). The van der Waals surface area contributed by atoms with Crippen molar-refractivity contribution in [3.8, 4) is 0 Å². The van der Waals surface area contributed by atoms with E-state index in [-0.39, 0.29) is 24.9 Å². The number of benzene rings is 1. The number of hydrogen-bond donors (Lipinski definition) is 1. The molecule has 1 unspecified atom stereocenters. The number of carbonyl (C=O) groups is 2. The molecule has 1 atom stereocenters. The third-order valence-electron chi connectivity index (χ3n) is 2.95. The van der Waals surface area contributed by atoms with Gasteiger partial charge in [-0.05, 0) is 31.2 Å². The number of anilines is 1. The molecule has 0 aromatic heterocycles. The lowest BCUT2D eigenvalue weighted by molar-refractivity contribution is 0.0900. The lowest BCUT2D eigenvalue weighted by Crippen LogP contribution is -2.44. The van der Waals surface area contributed by atoms with Gasteiger partial charge in [0.05, 0.1) is 13.2 Å². The van der Waals surface area contributed by atoms with E-state index in [1.54, 1.807) is 24.3 Å². The van der Waals surface area contributed by atoms with E-state index in [0.29, 0.717) is 17.8 Å². The summed E-state index contributed by atoms with van der Waals surface area (Å²) in [6.07, 6.45) is -0.421. The van der Waals surface area contributed by atoms with Gasteiger partial charge in [0.25, 0.3) is 0 Å². The van der Waals surface area contributed by atoms with Crippen LogP contribution >= 0.6 is 0 Å². The summed E-state index contributed by atoms with van der Waals surface area (Å²) < 4.78 is 4.99. The maximum absolute atomic E-state index is 11.6. The Morgan fingerprint density at radius 3 is 2.67 bits per heavy atom. The topological polar surface area (TPSA) is 66.8 Å². The molecule has 0 aliphatic carbocycles. The molecule has 96 valence electrons. The maximum atomic E-state index is 11.6. The van der Waals surface area contributed by atoms with Crippen LogP contribution in [-0.2, 0) is 4.74 Å². The standard InChI is InChI=1S/C13H15NO4/c1-9(16)11-2-4-12(5-3-11)14-6-10(7-15)8-18-13(14)17/h2-5,10,15H,6-8H2,1H3. The normalized spacial score (nSPS) is 19.6. The molecule has 0 spiro atoms. The molecular formula is C13H15NO4. The first-order chi connectivity index (χ1) is 8.61. The predicted octanol–water partition coefficient (Wildman–Crippen LogP) is 1.45. The molecule has 5 nitrogen and oxygen atoms in total. The number of nitrogens with zero attached hydrogens (tertiary/aromatic N) is 1. The highest BCUT2D eigenvalue weighted by atomic mass is 16.6. The van der Waals surface area contributed by atoms with E-state index >= 15 is 0 Å². The van der Waals surface area contributed by atoms with Crippen LogP contribution in [0.25, 0.3) is 0 Å².